The van der Waals surface area contributed by atoms with E-state index >= 15 is 0 Å². The first kappa shape index (κ1) is 21.1. The summed E-state index contributed by atoms with van der Waals surface area (Å²) in [5, 5.41) is 3.62. The number of nitrogens with zero attached hydrogens (tertiary/aromatic N) is 1. The van der Waals surface area contributed by atoms with E-state index in [1.807, 2.05) is 31.2 Å². The Hall–Kier alpha value is -1.60. The van der Waals surface area contributed by atoms with Crippen LogP contribution in [0.25, 0.3) is 0 Å². The van der Waals surface area contributed by atoms with Crippen LogP contribution in [0.2, 0.25) is 10.0 Å². The Labute approximate surface area is 175 Å². The molecule has 2 aromatic rings. The van der Waals surface area contributed by atoms with Gasteiger partial charge in [-0.05, 0) is 43.5 Å². The number of hydrogen-bond acceptors (Lipinski definition) is 3. The Balaban J connectivity index is 1.61. The zero-order valence-electron chi connectivity index (χ0n) is 15.5. The van der Waals surface area contributed by atoms with Gasteiger partial charge >= 0.3 is 0 Å². The zero-order chi connectivity index (χ0) is 20.3. The summed E-state index contributed by atoms with van der Waals surface area (Å²) >= 11 is 12.2. The van der Waals surface area contributed by atoms with E-state index in [-0.39, 0.29) is 17.6 Å². The highest BCUT2D eigenvalue weighted by atomic mass is 35.5. The van der Waals surface area contributed by atoms with Gasteiger partial charge in [-0.3, -0.25) is 4.79 Å². The second kappa shape index (κ2) is 8.82. The summed E-state index contributed by atoms with van der Waals surface area (Å²) in [7, 11) is -3.56. The molecule has 2 aromatic carbocycles. The van der Waals surface area contributed by atoms with E-state index < -0.39 is 10.0 Å². The van der Waals surface area contributed by atoms with Crippen LogP contribution in [-0.4, -0.2) is 31.7 Å². The highest BCUT2D eigenvalue weighted by Gasteiger charge is 2.32. The lowest BCUT2D eigenvalue weighted by Gasteiger charge is -2.30. The molecule has 1 fully saturated rings. The van der Waals surface area contributed by atoms with Gasteiger partial charge in [-0.2, -0.15) is 0 Å². The molecule has 0 bridgehead atoms. The van der Waals surface area contributed by atoms with Crippen molar-refractivity contribution in [1.82, 2.24) is 4.31 Å². The Morgan fingerprint density at radius 2 is 1.68 bits per heavy atom. The van der Waals surface area contributed by atoms with Crippen molar-refractivity contribution in [1.29, 1.82) is 0 Å². The number of benzene rings is 2. The van der Waals surface area contributed by atoms with Crippen LogP contribution in [0.5, 0.6) is 0 Å². The molecule has 150 valence electrons. The predicted molar refractivity (Wildman–Crippen MR) is 113 cm³/mol. The molecule has 0 aliphatic carbocycles. The standard InChI is InChI=1S/C20H22Cl2N2O3S/c1-14-5-2-3-8-19(14)23-20(25)15-9-11-24(12-10-15)28(26,27)13-16-17(21)6-4-7-18(16)22/h2-8,15H,9-13H2,1H3,(H,23,25). The summed E-state index contributed by atoms with van der Waals surface area (Å²) in [6.45, 7) is 2.54. The van der Waals surface area contributed by atoms with Crippen molar-refractivity contribution >= 4 is 44.8 Å². The number of aryl methyl sites for hydroxylation is 1. The van der Waals surface area contributed by atoms with Gasteiger partial charge in [0.15, 0.2) is 0 Å². The molecule has 3 rings (SSSR count). The van der Waals surface area contributed by atoms with Crippen molar-refractivity contribution < 1.29 is 13.2 Å². The number of carbonyl (C=O) groups excluding carboxylic acids is 1. The first-order valence-corrected chi connectivity index (χ1v) is 11.4. The smallest absolute Gasteiger partial charge is 0.227 e. The summed E-state index contributed by atoms with van der Waals surface area (Å²) < 4.78 is 27.0. The van der Waals surface area contributed by atoms with E-state index in [2.05, 4.69) is 5.32 Å². The van der Waals surface area contributed by atoms with Gasteiger partial charge in [0.1, 0.15) is 0 Å². The maximum Gasteiger partial charge on any atom is 0.227 e. The first-order valence-electron chi connectivity index (χ1n) is 9.05. The minimum Gasteiger partial charge on any atom is -0.326 e. The number of para-hydroxylation sites is 1. The van der Waals surface area contributed by atoms with Crippen molar-refractivity contribution in [3.63, 3.8) is 0 Å². The Morgan fingerprint density at radius 1 is 1.07 bits per heavy atom. The van der Waals surface area contributed by atoms with Crippen LogP contribution in [0, 0.1) is 12.8 Å². The summed E-state index contributed by atoms with van der Waals surface area (Å²) in [6, 6.07) is 12.5. The fourth-order valence-corrected chi connectivity index (χ4v) is 5.60. The lowest BCUT2D eigenvalue weighted by molar-refractivity contribution is -0.120. The van der Waals surface area contributed by atoms with Crippen molar-refractivity contribution in [3.8, 4) is 0 Å². The van der Waals surface area contributed by atoms with Crippen LogP contribution in [-0.2, 0) is 20.6 Å². The normalized spacial score (nSPS) is 16.1. The van der Waals surface area contributed by atoms with Gasteiger partial charge in [-0.15, -0.1) is 0 Å². The van der Waals surface area contributed by atoms with Crippen LogP contribution in [0.15, 0.2) is 42.5 Å². The number of nitrogens with one attached hydrogen (secondary N) is 1. The summed E-state index contributed by atoms with van der Waals surface area (Å²) in [6.07, 6.45) is 0.959. The average molecular weight is 441 g/mol. The average Bonchev–Trinajstić information content (AvgIpc) is 2.67. The van der Waals surface area contributed by atoms with Crippen LogP contribution in [0.1, 0.15) is 24.0 Å². The van der Waals surface area contributed by atoms with Gasteiger partial charge < -0.3 is 5.32 Å². The number of rotatable bonds is 5. The SMILES string of the molecule is Cc1ccccc1NC(=O)C1CCN(S(=O)(=O)Cc2c(Cl)cccc2Cl)CC1. The van der Waals surface area contributed by atoms with Crippen LogP contribution in [0.4, 0.5) is 5.69 Å². The molecule has 0 radical (unpaired) electrons. The van der Waals surface area contributed by atoms with Crippen molar-refractivity contribution in [2.45, 2.75) is 25.5 Å². The van der Waals surface area contributed by atoms with Crippen molar-refractivity contribution in [3.05, 3.63) is 63.6 Å². The third-order valence-corrected chi connectivity index (χ3v) is 7.52. The molecule has 0 spiro atoms. The van der Waals surface area contributed by atoms with Crippen molar-refractivity contribution in [2.75, 3.05) is 18.4 Å². The molecule has 8 heteroatoms. The quantitative estimate of drug-likeness (QED) is 0.744. The molecule has 0 unspecified atom stereocenters. The summed E-state index contributed by atoms with van der Waals surface area (Å²) in [4.78, 5) is 12.5. The summed E-state index contributed by atoms with van der Waals surface area (Å²) in [5.74, 6) is -0.526. The lowest BCUT2D eigenvalue weighted by atomic mass is 9.97. The monoisotopic (exact) mass is 440 g/mol. The van der Waals surface area contributed by atoms with E-state index in [1.165, 1.54) is 4.31 Å². The van der Waals surface area contributed by atoms with E-state index in [4.69, 9.17) is 23.2 Å². The topological polar surface area (TPSA) is 66.5 Å². The van der Waals surface area contributed by atoms with E-state index in [1.54, 1.807) is 18.2 Å². The Bertz CT molecular complexity index is 951. The van der Waals surface area contributed by atoms with Crippen molar-refractivity contribution in [2.24, 2.45) is 5.92 Å². The molecule has 1 heterocycles. The van der Waals surface area contributed by atoms with Crippen LogP contribution >= 0.6 is 23.2 Å². The molecule has 5 nitrogen and oxygen atoms in total. The molecular formula is C20H22Cl2N2O3S. The van der Waals surface area contributed by atoms with Gasteiger partial charge in [0.2, 0.25) is 15.9 Å². The Morgan fingerprint density at radius 3 is 2.29 bits per heavy atom. The molecule has 1 amide bonds. The molecule has 0 saturated carbocycles. The first-order chi connectivity index (χ1) is 13.3. The van der Waals surface area contributed by atoms with Crippen LogP contribution < -0.4 is 5.32 Å². The minimum absolute atomic E-state index is 0.0690. The summed E-state index contributed by atoms with van der Waals surface area (Å²) in [5.41, 5.74) is 2.19. The molecule has 0 atom stereocenters. The number of halogens is 2. The molecule has 1 saturated heterocycles. The van der Waals surface area contributed by atoms with E-state index in [0.717, 1.165) is 11.3 Å². The molecular weight excluding hydrogens is 419 g/mol. The van der Waals surface area contributed by atoms with E-state index in [9.17, 15) is 13.2 Å². The van der Waals surface area contributed by atoms with Gasteiger partial charge in [-0.1, -0.05) is 47.5 Å². The number of piperidine rings is 1. The maximum atomic E-state index is 12.8. The molecule has 0 aromatic heterocycles. The fourth-order valence-electron chi connectivity index (χ4n) is 3.29. The second-order valence-corrected chi connectivity index (χ2v) is 9.72. The maximum absolute atomic E-state index is 12.8. The predicted octanol–water partition coefficient (Wildman–Crippen LogP) is 4.48. The number of carbonyl (C=O) groups is 1. The van der Waals surface area contributed by atoms with E-state index in [0.29, 0.717) is 41.5 Å². The van der Waals surface area contributed by atoms with Gasteiger partial charge in [0, 0.05) is 40.3 Å². The Kier molecular flexibility index (Phi) is 6.65. The minimum atomic E-state index is -3.56. The fraction of sp³-hybridized carbons (Fsp3) is 0.350. The number of anilines is 1. The highest BCUT2D eigenvalue weighted by molar-refractivity contribution is 7.88. The second-order valence-electron chi connectivity index (χ2n) is 6.93. The highest BCUT2D eigenvalue weighted by Crippen LogP contribution is 2.29. The molecule has 1 N–H and O–H groups in total. The number of sulfonamides is 1. The number of amides is 1. The third-order valence-electron chi connectivity index (χ3n) is 5.01. The number of hydrogen-bond donors (Lipinski definition) is 1. The molecule has 1 aliphatic rings. The largest absolute Gasteiger partial charge is 0.326 e. The lowest BCUT2D eigenvalue weighted by Crippen LogP contribution is -2.42. The van der Waals surface area contributed by atoms with Crippen LogP contribution in [0.3, 0.4) is 0 Å². The van der Waals surface area contributed by atoms with Gasteiger partial charge in [0.05, 0.1) is 5.75 Å². The molecule has 1 aliphatic heterocycles. The third kappa shape index (κ3) is 4.87. The van der Waals surface area contributed by atoms with Gasteiger partial charge in [0.25, 0.3) is 0 Å². The zero-order valence-corrected chi connectivity index (χ0v) is 17.8. The van der Waals surface area contributed by atoms with Gasteiger partial charge in [-0.25, -0.2) is 12.7 Å². The molecule has 28 heavy (non-hydrogen) atoms.